The SMILES string of the molecule is CC1CC2(OCCO2)C2CC12. The molecule has 1 aliphatic heterocycles. The van der Waals surface area contributed by atoms with Gasteiger partial charge in [-0.15, -0.1) is 0 Å². The highest BCUT2D eigenvalue weighted by atomic mass is 16.7. The van der Waals surface area contributed by atoms with Crippen molar-refractivity contribution < 1.29 is 9.47 Å². The molecule has 1 spiro atoms. The van der Waals surface area contributed by atoms with E-state index in [0.717, 1.165) is 37.4 Å². The molecule has 2 aliphatic carbocycles. The van der Waals surface area contributed by atoms with Gasteiger partial charge in [-0.05, 0) is 18.3 Å². The van der Waals surface area contributed by atoms with Crippen LogP contribution in [0.4, 0.5) is 0 Å². The second-order valence-electron chi connectivity index (χ2n) is 4.20. The molecule has 0 aromatic carbocycles. The molecule has 1 heterocycles. The van der Waals surface area contributed by atoms with Crippen molar-refractivity contribution in [1.82, 2.24) is 0 Å². The summed E-state index contributed by atoms with van der Waals surface area (Å²) in [5, 5.41) is 0. The molecule has 11 heavy (non-hydrogen) atoms. The van der Waals surface area contributed by atoms with Crippen LogP contribution in [-0.2, 0) is 9.47 Å². The standard InChI is InChI=1S/C9H14O2/c1-6-5-9(8-4-7(6)8)10-2-3-11-9/h6-8H,2-5H2,1H3. The van der Waals surface area contributed by atoms with Gasteiger partial charge in [-0.1, -0.05) is 6.92 Å². The Hall–Kier alpha value is -0.0800. The minimum Gasteiger partial charge on any atom is -0.347 e. The van der Waals surface area contributed by atoms with Crippen LogP contribution in [0.1, 0.15) is 19.8 Å². The van der Waals surface area contributed by atoms with Gasteiger partial charge < -0.3 is 9.47 Å². The zero-order valence-electron chi connectivity index (χ0n) is 6.88. The first-order valence-electron chi connectivity index (χ1n) is 4.60. The lowest BCUT2D eigenvalue weighted by Gasteiger charge is -2.24. The topological polar surface area (TPSA) is 18.5 Å². The maximum Gasteiger partial charge on any atom is 0.171 e. The molecule has 0 N–H and O–H groups in total. The quantitative estimate of drug-likeness (QED) is 0.525. The summed E-state index contributed by atoms with van der Waals surface area (Å²) < 4.78 is 11.4. The molecule has 0 aromatic heterocycles. The fourth-order valence-electron chi connectivity index (χ4n) is 2.90. The Morgan fingerprint density at radius 1 is 1.27 bits per heavy atom. The van der Waals surface area contributed by atoms with E-state index in [9.17, 15) is 0 Å². The Labute approximate surface area is 66.9 Å². The van der Waals surface area contributed by atoms with E-state index in [1.54, 1.807) is 0 Å². The van der Waals surface area contributed by atoms with E-state index < -0.39 is 0 Å². The molecule has 3 atom stereocenters. The van der Waals surface area contributed by atoms with Gasteiger partial charge in [0.15, 0.2) is 5.79 Å². The zero-order valence-corrected chi connectivity index (χ0v) is 6.88. The first-order valence-corrected chi connectivity index (χ1v) is 4.60. The van der Waals surface area contributed by atoms with Crippen molar-refractivity contribution in [3.05, 3.63) is 0 Å². The third-order valence-electron chi connectivity index (χ3n) is 3.52. The largest absolute Gasteiger partial charge is 0.347 e. The van der Waals surface area contributed by atoms with Crippen LogP contribution < -0.4 is 0 Å². The van der Waals surface area contributed by atoms with Crippen molar-refractivity contribution in [2.75, 3.05) is 13.2 Å². The predicted octanol–water partition coefficient (Wildman–Crippen LogP) is 1.41. The van der Waals surface area contributed by atoms with Gasteiger partial charge in [0.25, 0.3) is 0 Å². The van der Waals surface area contributed by atoms with Crippen molar-refractivity contribution in [2.24, 2.45) is 17.8 Å². The zero-order chi connectivity index (χ0) is 7.47. The molecule has 2 saturated carbocycles. The van der Waals surface area contributed by atoms with Crippen LogP contribution in [-0.4, -0.2) is 19.0 Å². The van der Waals surface area contributed by atoms with E-state index in [2.05, 4.69) is 6.92 Å². The summed E-state index contributed by atoms with van der Waals surface area (Å²) in [6.07, 6.45) is 2.49. The van der Waals surface area contributed by atoms with Gasteiger partial charge in [-0.2, -0.15) is 0 Å². The predicted molar refractivity (Wildman–Crippen MR) is 40.0 cm³/mol. The Bertz CT molecular complexity index is 184. The fraction of sp³-hybridized carbons (Fsp3) is 1.00. The lowest BCUT2D eigenvalue weighted by Crippen LogP contribution is -2.30. The van der Waals surface area contributed by atoms with E-state index in [0.29, 0.717) is 0 Å². The van der Waals surface area contributed by atoms with Gasteiger partial charge in [-0.3, -0.25) is 0 Å². The summed E-state index contributed by atoms with van der Waals surface area (Å²) in [7, 11) is 0. The first-order chi connectivity index (χ1) is 5.32. The van der Waals surface area contributed by atoms with Crippen molar-refractivity contribution >= 4 is 0 Å². The summed E-state index contributed by atoms with van der Waals surface area (Å²) >= 11 is 0. The number of hydrogen-bond acceptors (Lipinski definition) is 2. The van der Waals surface area contributed by atoms with Gasteiger partial charge in [0.2, 0.25) is 0 Å². The van der Waals surface area contributed by atoms with Crippen LogP contribution in [0.5, 0.6) is 0 Å². The van der Waals surface area contributed by atoms with Gasteiger partial charge >= 0.3 is 0 Å². The highest BCUT2D eigenvalue weighted by molar-refractivity contribution is 5.08. The Balaban J connectivity index is 1.88. The molecule has 0 radical (unpaired) electrons. The molecule has 3 rings (SSSR count). The average Bonchev–Trinajstić information content (AvgIpc) is 2.62. The minimum atomic E-state index is -0.107. The Morgan fingerprint density at radius 3 is 2.45 bits per heavy atom. The van der Waals surface area contributed by atoms with Crippen molar-refractivity contribution in [3.63, 3.8) is 0 Å². The Kier molecular flexibility index (Phi) is 1.06. The van der Waals surface area contributed by atoms with Crippen LogP contribution in [0.2, 0.25) is 0 Å². The van der Waals surface area contributed by atoms with E-state index in [4.69, 9.17) is 9.47 Å². The molecule has 2 heteroatoms. The third kappa shape index (κ3) is 0.695. The molecular formula is C9H14O2. The van der Waals surface area contributed by atoms with Crippen LogP contribution in [0.25, 0.3) is 0 Å². The number of ether oxygens (including phenoxy) is 2. The minimum absolute atomic E-state index is 0.107. The molecule has 2 nitrogen and oxygen atoms in total. The van der Waals surface area contributed by atoms with E-state index in [1.165, 1.54) is 6.42 Å². The van der Waals surface area contributed by atoms with Crippen LogP contribution in [0, 0.1) is 17.8 Å². The summed E-state index contributed by atoms with van der Waals surface area (Å²) in [5.74, 6) is 2.40. The molecule has 0 aromatic rings. The third-order valence-corrected chi connectivity index (χ3v) is 3.52. The molecule has 3 fully saturated rings. The highest BCUT2D eigenvalue weighted by Gasteiger charge is 2.64. The van der Waals surface area contributed by atoms with E-state index in [1.807, 2.05) is 0 Å². The van der Waals surface area contributed by atoms with Crippen LogP contribution >= 0.6 is 0 Å². The van der Waals surface area contributed by atoms with Crippen LogP contribution in [0.3, 0.4) is 0 Å². The van der Waals surface area contributed by atoms with Crippen molar-refractivity contribution in [1.29, 1.82) is 0 Å². The van der Waals surface area contributed by atoms with Gasteiger partial charge in [0, 0.05) is 12.3 Å². The number of fused-ring (bicyclic) bond motifs is 2. The molecule has 3 unspecified atom stereocenters. The lowest BCUT2D eigenvalue weighted by molar-refractivity contribution is -0.169. The molecule has 3 aliphatic rings. The van der Waals surface area contributed by atoms with Gasteiger partial charge in [-0.25, -0.2) is 0 Å². The summed E-state index contributed by atoms with van der Waals surface area (Å²) in [4.78, 5) is 0. The van der Waals surface area contributed by atoms with Crippen LogP contribution in [0.15, 0.2) is 0 Å². The average molecular weight is 154 g/mol. The van der Waals surface area contributed by atoms with Gasteiger partial charge in [0.1, 0.15) is 0 Å². The lowest BCUT2D eigenvalue weighted by atomic mass is 10.0. The molecule has 1 saturated heterocycles. The van der Waals surface area contributed by atoms with Crippen molar-refractivity contribution in [2.45, 2.75) is 25.6 Å². The highest BCUT2D eigenvalue weighted by Crippen LogP contribution is 2.63. The summed E-state index contributed by atoms with van der Waals surface area (Å²) in [6, 6.07) is 0. The first kappa shape index (κ1) is 6.44. The molecule has 0 bridgehead atoms. The van der Waals surface area contributed by atoms with Gasteiger partial charge in [0.05, 0.1) is 13.2 Å². The second kappa shape index (κ2) is 1.80. The number of hydrogen-bond donors (Lipinski definition) is 0. The normalized spacial score (nSPS) is 51.5. The molecule has 62 valence electrons. The number of rotatable bonds is 0. The molecular weight excluding hydrogens is 140 g/mol. The van der Waals surface area contributed by atoms with Crippen molar-refractivity contribution in [3.8, 4) is 0 Å². The maximum atomic E-state index is 5.70. The maximum absolute atomic E-state index is 5.70. The smallest absolute Gasteiger partial charge is 0.171 e. The summed E-state index contributed by atoms with van der Waals surface area (Å²) in [6.45, 7) is 3.95. The van der Waals surface area contributed by atoms with E-state index >= 15 is 0 Å². The molecule has 0 amide bonds. The summed E-state index contributed by atoms with van der Waals surface area (Å²) in [5.41, 5.74) is 0. The fourth-order valence-corrected chi connectivity index (χ4v) is 2.90. The van der Waals surface area contributed by atoms with E-state index in [-0.39, 0.29) is 5.79 Å². The Morgan fingerprint density at radius 2 is 2.00 bits per heavy atom. The second-order valence-corrected chi connectivity index (χ2v) is 4.20. The monoisotopic (exact) mass is 154 g/mol.